The van der Waals surface area contributed by atoms with Crippen LogP contribution in [0.4, 0.5) is 0 Å². The molecule has 1 aliphatic carbocycles. The number of aliphatic carboxylic acids is 1. The fourth-order valence-electron chi connectivity index (χ4n) is 4.39. The Morgan fingerprint density at radius 3 is 2.33 bits per heavy atom. The van der Waals surface area contributed by atoms with Gasteiger partial charge in [-0.15, -0.1) is 0 Å². The molecule has 1 aliphatic heterocycles. The summed E-state index contributed by atoms with van der Waals surface area (Å²) in [6.45, 7) is -0.256. The fraction of sp³-hybridized carbons (Fsp3) is 0.364. The number of methoxy groups -OCH3 is 1. The average Bonchev–Trinajstić information content (AvgIpc) is 3.43. The van der Waals surface area contributed by atoms with Gasteiger partial charge in [0.1, 0.15) is 11.8 Å². The number of halogens is 3. The Bertz CT molecular complexity index is 1240. The molecule has 2 atom stereocenters. The SMILES string of the molecule is COc1cc(C2(C(=O)N3C[C@H](S(=O)(=O)c4ccccc4Cl)C[C@H]3C(=O)O)CC2)c(Cl)cc1Cl. The van der Waals surface area contributed by atoms with Crippen molar-refractivity contribution in [3.05, 3.63) is 57.0 Å². The predicted octanol–water partition coefficient (Wildman–Crippen LogP) is 4.22. The minimum Gasteiger partial charge on any atom is -0.495 e. The Balaban J connectivity index is 1.69. The number of sulfone groups is 1. The van der Waals surface area contributed by atoms with Crippen LogP contribution in [-0.2, 0) is 24.8 Å². The summed E-state index contributed by atoms with van der Waals surface area (Å²) in [6.07, 6.45) is 0.657. The molecule has 0 unspecified atom stereocenters. The number of likely N-dealkylation sites (tertiary alicyclic amines) is 1. The largest absolute Gasteiger partial charge is 0.495 e. The molecule has 0 radical (unpaired) electrons. The van der Waals surface area contributed by atoms with E-state index in [1.807, 2.05) is 0 Å². The van der Waals surface area contributed by atoms with E-state index in [1.54, 1.807) is 18.2 Å². The standard InChI is InChI=1S/C22H20Cl3NO6S/c1-32-18-9-13(15(24)10-16(18)25)22(6-7-22)21(29)26-11-12(8-17(26)20(27)28)33(30,31)19-5-3-2-4-14(19)23/h2-5,9-10,12,17H,6-8,11H2,1H3,(H,27,28)/t12-,17+/m1/s1. The number of rotatable bonds is 6. The molecule has 2 aliphatic rings. The number of ether oxygens (including phenoxy) is 1. The maximum atomic E-state index is 13.7. The van der Waals surface area contributed by atoms with Gasteiger partial charge in [0.2, 0.25) is 5.91 Å². The molecule has 176 valence electrons. The van der Waals surface area contributed by atoms with Gasteiger partial charge >= 0.3 is 5.97 Å². The number of carbonyl (C=O) groups is 2. The van der Waals surface area contributed by atoms with Gasteiger partial charge in [-0.2, -0.15) is 0 Å². The average molecular weight is 533 g/mol. The Kier molecular flexibility index (Phi) is 6.33. The first-order chi connectivity index (χ1) is 15.5. The number of benzene rings is 2. The van der Waals surface area contributed by atoms with Crippen LogP contribution in [0.1, 0.15) is 24.8 Å². The summed E-state index contributed by atoms with van der Waals surface area (Å²) in [7, 11) is -2.53. The minimum absolute atomic E-state index is 0.0489. The van der Waals surface area contributed by atoms with E-state index in [4.69, 9.17) is 39.5 Å². The lowest BCUT2D eigenvalue weighted by Gasteiger charge is -2.28. The maximum absolute atomic E-state index is 13.7. The third-order valence-electron chi connectivity index (χ3n) is 6.31. The topological polar surface area (TPSA) is 101 Å². The van der Waals surface area contributed by atoms with Crippen LogP contribution in [0, 0.1) is 0 Å². The Morgan fingerprint density at radius 1 is 1.09 bits per heavy atom. The van der Waals surface area contributed by atoms with Gasteiger partial charge < -0.3 is 14.7 Å². The van der Waals surface area contributed by atoms with Crippen LogP contribution in [0.2, 0.25) is 15.1 Å². The van der Waals surface area contributed by atoms with Gasteiger partial charge in [0, 0.05) is 11.6 Å². The van der Waals surface area contributed by atoms with Crippen LogP contribution < -0.4 is 4.74 Å². The van der Waals surface area contributed by atoms with E-state index in [0.29, 0.717) is 24.2 Å². The summed E-state index contributed by atoms with van der Waals surface area (Å²) in [5.74, 6) is -1.40. The molecule has 11 heteroatoms. The molecule has 1 amide bonds. The van der Waals surface area contributed by atoms with Crippen molar-refractivity contribution >= 4 is 56.5 Å². The van der Waals surface area contributed by atoms with Gasteiger partial charge in [-0.3, -0.25) is 4.79 Å². The van der Waals surface area contributed by atoms with Crippen molar-refractivity contribution in [2.45, 2.75) is 40.9 Å². The van der Waals surface area contributed by atoms with Gasteiger partial charge in [-0.05, 0) is 49.1 Å². The molecule has 2 fully saturated rings. The molecule has 4 rings (SSSR count). The molecule has 0 spiro atoms. The van der Waals surface area contributed by atoms with Gasteiger partial charge in [0.25, 0.3) is 0 Å². The molecule has 1 saturated carbocycles. The van der Waals surface area contributed by atoms with Gasteiger partial charge in [0.15, 0.2) is 9.84 Å². The van der Waals surface area contributed by atoms with Gasteiger partial charge in [-0.25, -0.2) is 13.2 Å². The number of carboxylic acid groups (broad SMARTS) is 1. The molecule has 2 aromatic rings. The highest BCUT2D eigenvalue weighted by molar-refractivity contribution is 7.92. The number of hydrogen-bond donors (Lipinski definition) is 1. The van der Waals surface area contributed by atoms with E-state index >= 15 is 0 Å². The molecule has 2 aromatic carbocycles. The molecule has 7 nitrogen and oxygen atoms in total. The first-order valence-corrected chi connectivity index (χ1v) is 12.8. The molecule has 1 saturated heterocycles. The predicted molar refractivity (Wildman–Crippen MR) is 124 cm³/mol. The number of carbonyl (C=O) groups excluding carboxylic acids is 1. The zero-order chi connectivity index (χ0) is 24.1. The lowest BCUT2D eigenvalue weighted by Crippen LogP contribution is -2.46. The second-order valence-corrected chi connectivity index (χ2v) is 11.6. The molecule has 33 heavy (non-hydrogen) atoms. The maximum Gasteiger partial charge on any atom is 0.326 e. The number of nitrogens with zero attached hydrogens (tertiary/aromatic N) is 1. The highest BCUT2D eigenvalue weighted by atomic mass is 35.5. The summed E-state index contributed by atoms with van der Waals surface area (Å²) in [6, 6.07) is 7.75. The second kappa shape index (κ2) is 8.65. The van der Waals surface area contributed by atoms with Crippen molar-refractivity contribution in [1.82, 2.24) is 4.90 Å². The molecule has 1 heterocycles. The number of carboxylic acids is 1. The van der Waals surface area contributed by atoms with E-state index in [0.717, 1.165) is 4.90 Å². The zero-order valence-corrected chi connectivity index (χ0v) is 20.5. The van der Waals surface area contributed by atoms with Crippen molar-refractivity contribution in [2.75, 3.05) is 13.7 Å². The van der Waals surface area contributed by atoms with Crippen LogP contribution in [0.3, 0.4) is 0 Å². The van der Waals surface area contributed by atoms with E-state index in [2.05, 4.69) is 0 Å². The van der Waals surface area contributed by atoms with Crippen LogP contribution in [0.5, 0.6) is 5.75 Å². The second-order valence-electron chi connectivity index (χ2n) is 8.19. The first kappa shape index (κ1) is 24.1. The summed E-state index contributed by atoms with van der Waals surface area (Å²) >= 11 is 18.6. The quantitative estimate of drug-likeness (QED) is 0.598. The summed E-state index contributed by atoms with van der Waals surface area (Å²) in [5.41, 5.74) is -0.567. The third kappa shape index (κ3) is 4.07. The Morgan fingerprint density at radius 2 is 1.76 bits per heavy atom. The monoisotopic (exact) mass is 531 g/mol. The normalized spacial score (nSPS) is 21.6. The Labute approximate surface area is 206 Å². The van der Waals surface area contributed by atoms with E-state index < -0.39 is 38.4 Å². The Hall–Kier alpha value is -2.00. The third-order valence-corrected chi connectivity index (χ3v) is 9.55. The summed E-state index contributed by atoms with van der Waals surface area (Å²) in [5, 5.41) is 9.28. The lowest BCUT2D eigenvalue weighted by molar-refractivity contribution is -0.149. The van der Waals surface area contributed by atoms with Crippen LogP contribution >= 0.6 is 34.8 Å². The number of hydrogen-bond acceptors (Lipinski definition) is 5. The van der Waals surface area contributed by atoms with Crippen molar-refractivity contribution < 1.29 is 27.9 Å². The lowest BCUT2D eigenvalue weighted by atomic mass is 9.93. The van der Waals surface area contributed by atoms with Gasteiger partial charge in [0.05, 0.1) is 32.7 Å². The van der Waals surface area contributed by atoms with E-state index in [-0.39, 0.29) is 32.9 Å². The molecular weight excluding hydrogens is 513 g/mol. The van der Waals surface area contributed by atoms with Crippen molar-refractivity contribution in [2.24, 2.45) is 0 Å². The van der Waals surface area contributed by atoms with Crippen LogP contribution in [-0.4, -0.2) is 55.2 Å². The molecule has 0 aromatic heterocycles. The highest BCUT2D eigenvalue weighted by Crippen LogP contribution is 2.54. The fourth-order valence-corrected chi connectivity index (χ4v) is 7.25. The molecule has 0 bridgehead atoms. The number of amides is 1. The molecular formula is C22H20Cl3NO6S. The smallest absolute Gasteiger partial charge is 0.326 e. The van der Waals surface area contributed by atoms with E-state index in [9.17, 15) is 23.1 Å². The zero-order valence-electron chi connectivity index (χ0n) is 17.4. The van der Waals surface area contributed by atoms with Crippen LogP contribution in [0.25, 0.3) is 0 Å². The summed E-state index contributed by atoms with van der Waals surface area (Å²) < 4.78 is 31.7. The highest BCUT2D eigenvalue weighted by Gasteiger charge is 2.58. The van der Waals surface area contributed by atoms with Crippen molar-refractivity contribution in [3.63, 3.8) is 0 Å². The van der Waals surface area contributed by atoms with Crippen molar-refractivity contribution in [1.29, 1.82) is 0 Å². The molecule has 1 N–H and O–H groups in total. The summed E-state index contributed by atoms with van der Waals surface area (Å²) in [4.78, 5) is 26.7. The van der Waals surface area contributed by atoms with Crippen LogP contribution in [0.15, 0.2) is 41.3 Å². The first-order valence-electron chi connectivity index (χ1n) is 10.1. The minimum atomic E-state index is -3.97. The van der Waals surface area contributed by atoms with Gasteiger partial charge in [-0.1, -0.05) is 46.9 Å². The van der Waals surface area contributed by atoms with Crippen molar-refractivity contribution in [3.8, 4) is 5.75 Å². The van der Waals surface area contributed by atoms with E-state index in [1.165, 1.54) is 25.3 Å².